The van der Waals surface area contributed by atoms with Crippen LogP contribution in [0.4, 0.5) is 0 Å². The first-order valence-electron chi connectivity index (χ1n) is 4.17. The average molecular weight is 175 g/mol. The van der Waals surface area contributed by atoms with Crippen LogP contribution in [0.25, 0.3) is 11.0 Å². The Kier molecular flexibility index (Phi) is 1.85. The van der Waals surface area contributed by atoms with Crippen LogP contribution in [0.5, 0.6) is 0 Å². The van der Waals surface area contributed by atoms with Gasteiger partial charge in [0, 0.05) is 23.3 Å². The molecule has 0 unspecified atom stereocenters. The number of pyridine rings is 1. The predicted octanol–water partition coefficient (Wildman–Crippen LogP) is 2.20. The molecule has 0 saturated heterocycles. The van der Waals surface area contributed by atoms with Gasteiger partial charge in [0.05, 0.1) is 0 Å². The molecule has 0 aliphatic carbocycles. The molecule has 0 N–H and O–H groups in total. The molecule has 0 radical (unpaired) electrons. The number of aldehydes is 1. The van der Waals surface area contributed by atoms with Crippen LogP contribution >= 0.6 is 0 Å². The fraction of sp³-hybridized carbons (Fsp3) is 0.200. The molecule has 0 fully saturated rings. The highest BCUT2D eigenvalue weighted by atomic mass is 16.3. The van der Waals surface area contributed by atoms with Crippen LogP contribution in [0.1, 0.15) is 23.0 Å². The third kappa shape index (κ3) is 1.13. The van der Waals surface area contributed by atoms with Gasteiger partial charge in [-0.15, -0.1) is 0 Å². The van der Waals surface area contributed by atoms with Gasteiger partial charge in [-0.2, -0.15) is 0 Å². The van der Waals surface area contributed by atoms with Gasteiger partial charge in [-0.3, -0.25) is 9.78 Å². The van der Waals surface area contributed by atoms with Crippen LogP contribution in [0, 0.1) is 0 Å². The lowest BCUT2D eigenvalue weighted by molar-refractivity contribution is 0.110. The fourth-order valence-electron chi connectivity index (χ4n) is 1.47. The Morgan fingerprint density at radius 3 is 3.15 bits per heavy atom. The second-order valence-corrected chi connectivity index (χ2v) is 2.79. The second kappa shape index (κ2) is 3.01. The maximum absolute atomic E-state index is 10.6. The molecule has 13 heavy (non-hydrogen) atoms. The van der Waals surface area contributed by atoms with E-state index in [-0.39, 0.29) is 0 Å². The smallest absolute Gasteiger partial charge is 0.185 e. The van der Waals surface area contributed by atoms with E-state index in [4.69, 9.17) is 4.42 Å². The van der Waals surface area contributed by atoms with Crippen molar-refractivity contribution in [3.63, 3.8) is 0 Å². The Balaban J connectivity index is 2.81. The third-order valence-electron chi connectivity index (χ3n) is 2.08. The first kappa shape index (κ1) is 7.98. The summed E-state index contributed by atoms with van der Waals surface area (Å²) in [6.07, 6.45) is 4.91. The molecule has 2 rings (SSSR count). The van der Waals surface area contributed by atoms with Gasteiger partial charge < -0.3 is 4.42 Å². The van der Waals surface area contributed by atoms with E-state index in [1.165, 1.54) is 0 Å². The van der Waals surface area contributed by atoms with E-state index in [1.54, 1.807) is 18.5 Å². The number of carbonyl (C=O) groups excluding carboxylic acids is 1. The third-order valence-corrected chi connectivity index (χ3v) is 2.08. The Hall–Kier alpha value is -1.64. The molecule has 3 heteroatoms. The van der Waals surface area contributed by atoms with E-state index in [0.29, 0.717) is 5.76 Å². The number of aryl methyl sites for hydroxylation is 1. The van der Waals surface area contributed by atoms with Gasteiger partial charge in [0.1, 0.15) is 5.58 Å². The summed E-state index contributed by atoms with van der Waals surface area (Å²) >= 11 is 0. The number of carbonyl (C=O) groups is 1. The topological polar surface area (TPSA) is 43.1 Å². The highest BCUT2D eigenvalue weighted by molar-refractivity contribution is 5.88. The Morgan fingerprint density at radius 2 is 2.46 bits per heavy atom. The predicted molar refractivity (Wildman–Crippen MR) is 48.8 cm³/mol. The number of hydrogen-bond acceptors (Lipinski definition) is 3. The van der Waals surface area contributed by atoms with Gasteiger partial charge in [-0.25, -0.2) is 0 Å². The quantitative estimate of drug-likeness (QED) is 0.657. The summed E-state index contributed by atoms with van der Waals surface area (Å²) in [5, 5.41) is 0.937. The molecule has 3 nitrogen and oxygen atoms in total. The average Bonchev–Trinajstić information content (AvgIpc) is 2.55. The molecule has 2 heterocycles. The molecule has 0 bridgehead atoms. The SMILES string of the molecule is CCc1c(C=O)oc2ccncc12. The van der Waals surface area contributed by atoms with E-state index in [2.05, 4.69) is 4.98 Å². The molecule has 0 aliphatic heterocycles. The van der Waals surface area contributed by atoms with Crippen molar-refractivity contribution in [2.45, 2.75) is 13.3 Å². The number of hydrogen-bond donors (Lipinski definition) is 0. The van der Waals surface area contributed by atoms with Gasteiger partial charge in [-0.1, -0.05) is 6.92 Å². The van der Waals surface area contributed by atoms with Gasteiger partial charge in [0.15, 0.2) is 12.0 Å². The minimum absolute atomic E-state index is 0.422. The van der Waals surface area contributed by atoms with E-state index < -0.39 is 0 Å². The molecule has 66 valence electrons. The largest absolute Gasteiger partial charge is 0.453 e. The first-order valence-corrected chi connectivity index (χ1v) is 4.17. The zero-order chi connectivity index (χ0) is 9.26. The van der Waals surface area contributed by atoms with Gasteiger partial charge in [0.25, 0.3) is 0 Å². The van der Waals surface area contributed by atoms with Crippen LogP contribution < -0.4 is 0 Å². The zero-order valence-corrected chi connectivity index (χ0v) is 7.28. The maximum atomic E-state index is 10.6. The normalized spacial score (nSPS) is 10.5. The van der Waals surface area contributed by atoms with E-state index >= 15 is 0 Å². The first-order chi connectivity index (χ1) is 6.36. The summed E-state index contributed by atoms with van der Waals surface area (Å²) in [6.45, 7) is 1.99. The number of nitrogens with zero attached hydrogens (tertiary/aromatic N) is 1. The maximum Gasteiger partial charge on any atom is 0.185 e. The van der Waals surface area contributed by atoms with Crippen molar-refractivity contribution in [1.82, 2.24) is 4.98 Å². The van der Waals surface area contributed by atoms with Crippen LogP contribution in [-0.4, -0.2) is 11.3 Å². The standard InChI is InChI=1S/C10H9NO2/c1-2-7-8-5-11-4-3-9(8)13-10(7)6-12/h3-6H,2H2,1H3. The summed E-state index contributed by atoms with van der Waals surface area (Å²) in [5.41, 5.74) is 1.67. The van der Waals surface area contributed by atoms with Crippen molar-refractivity contribution in [1.29, 1.82) is 0 Å². The fourth-order valence-corrected chi connectivity index (χ4v) is 1.47. The molecule has 0 aliphatic rings. The molecule has 2 aromatic rings. The minimum Gasteiger partial charge on any atom is -0.453 e. The van der Waals surface area contributed by atoms with Crippen LogP contribution in [-0.2, 0) is 6.42 Å². The Morgan fingerprint density at radius 1 is 1.62 bits per heavy atom. The lowest BCUT2D eigenvalue weighted by atomic mass is 10.1. The number of rotatable bonds is 2. The van der Waals surface area contributed by atoms with Crippen molar-refractivity contribution in [2.75, 3.05) is 0 Å². The number of fused-ring (bicyclic) bond motifs is 1. The van der Waals surface area contributed by atoms with E-state index in [1.807, 2.05) is 6.92 Å². The van der Waals surface area contributed by atoms with E-state index in [9.17, 15) is 4.79 Å². The second-order valence-electron chi connectivity index (χ2n) is 2.79. The highest BCUT2D eigenvalue weighted by Crippen LogP contribution is 2.23. The Bertz CT molecular complexity index is 445. The van der Waals surface area contributed by atoms with Crippen molar-refractivity contribution < 1.29 is 9.21 Å². The molecule has 0 aromatic carbocycles. The molecule has 0 saturated carbocycles. The van der Waals surface area contributed by atoms with E-state index in [0.717, 1.165) is 29.2 Å². The summed E-state index contributed by atoms with van der Waals surface area (Å²) in [5.74, 6) is 0.422. The lowest BCUT2D eigenvalue weighted by Crippen LogP contribution is -1.84. The molecule has 0 amide bonds. The van der Waals surface area contributed by atoms with Crippen molar-refractivity contribution in [3.8, 4) is 0 Å². The van der Waals surface area contributed by atoms with Crippen LogP contribution in [0.15, 0.2) is 22.9 Å². The van der Waals surface area contributed by atoms with Crippen molar-refractivity contribution in [2.24, 2.45) is 0 Å². The van der Waals surface area contributed by atoms with Crippen LogP contribution in [0.3, 0.4) is 0 Å². The van der Waals surface area contributed by atoms with Gasteiger partial charge in [-0.05, 0) is 12.5 Å². The monoisotopic (exact) mass is 175 g/mol. The number of aromatic nitrogens is 1. The van der Waals surface area contributed by atoms with Gasteiger partial charge in [0.2, 0.25) is 0 Å². The summed E-state index contributed by atoms with van der Waals surface area (Å²) in [4.78, 5) is 14.6. The lowest BCUT2D eigenvalue weighted by Gasteiger charge is -1.89. The summed E-state index contributed by atoms with van der Waals surface area (Å²) in [6, 6.07) is 1.77. The molecular formula is C10H9NO2. The molecule has 0 spiro atoms. The van der Waals surface area contributed by atoms with Gasteiger partial charge >= 0.3 is 0 Å². The summed E-state index contributed by atoms with van der Waals surface area (Å²) in [7, 11) is 0. The molecule has 0 atom stereocenters. The summed E-state index contributed by atoms with van der Waals surface area (Å²) < 4.78 is 5.33. The van der Waals surface area contributed by atoms with Crippen molar-refractivity contribution >= 4 is 17.3 Å². The molecular weight excluding hydrogens is 166 g/mol. The Labute approximate surface area is 75.4 Å². The minimum atomic E-state index is 0.422. The number of furan rings is 1. The zero-order valence-electron chi connectivity index (χ0n) is 7.28. The molecule has 2 aromatic heterocycles. The van der Waals surface area contributed by atoms with Crippen LogP contribution in [0.2, 0.25) is 0 Å². The highest BCUT2D eigenvalue weighted by Gasteiger charge is 2.10. The van der Waals surface area contributed by atoms with Crippen molar-refractivity contribution in [3.05, 3.63) is 29.8 Å².